The van der Waals surface area contributed by atoms with Crippen molar-refractivity contribution in [2.45, 2.75) is 57.9 Å². The molecule has 0 bridgehead atoms. The Morgan fingerprint density at radius 1 is 1.24 bits per heavy atom. The highest BCUT2D eigenvalue weighted by Gasteiger charge is 2.51. The van der Waals surface area contributed by atoms with Crippen LogP contribution in [-0.4, -0.2) is 31.8 Å². The molecule has 1 aromatic rings. The molecule has 1 aliphatic heterocycles. The van der Waals surface area contributed by atoms with Gasteiger partial charge in [0, 0.05) is 6.92 Å². The molecule has 0 radical (unpaired) electrons. The van der Waals surface area contributed by atoms with Crippen molar-refractivity contribution in [2.24, 2.45) is 0 Å². The monoisotopic (exact) mass is 305 g/mol. The first-order chi connectivity index (χ1) is 9.65. The van der Waals surface area contributed by atoms with E-state index >= 15 is 0 Å². The molecule has 3 nitrogen and oxygen atoms in total. The van der Waals surface area contributed by atoms with Crippen LogP contribution in [0.3, 0.4) is 0 Å². The van der Waals surface area contributed by atoms with E-state index in [0.717, 1.165) is 0 Å². The van der Waals surface area contributed by atoms with Gasteiger partial charge in [-0.2, -0.15) is 0 Å². The van der Waals surface area contributed by atoms with E-state index in [-0.39, 0.29) is 23.0 Å². The largest absolute Gasteiger partial charge is 0.415 e. The molecule has 0 unspecified atom stereocenters. The summed E-state index contributed by atoms with van der Waals surface area (Å²) in [7, 11) is -1.76. The summed E-state index contributed by atoms with van der Waals surface area (Å²) in [6, 6.07) is 10.6. The second kappa shape index (κ2) is 5.58. The lowest BCUT2D eigenvalue weighted by atomic mass is 10.1. The zero-order chi connectivity index (χ0) is 15.8. The molecule has 1 aromatic carbocycles. The SMILES string of the molecule is CC(=O)N1[C@H](CO[Si](C)(C)C(C)(C)C)[C@@H]1c1ccccc1. The highest BCUT2D eigenvalue weighted by atomic mass is 28.4. The fourth-order valence-corrected chi connectivity index (χ4v) is 3.44. The molecular weight excluding hydrogens is 278 g/mol. The Labute approximate surface area is 129 Å². The molecule has 0 spiro atoms. The molecule has 1 heterocycles. The second-order valence-electron chi connectivity index (χ2n) is 7.42. The van der Waals surface area contributed by atoms with Crippen molar-refractivity contribution in [1.82, 2.24) is 4.90 Å². The average Bonchev–Trinajstić information content (AvgIpc) is 3.10. The molecule has 2 atom stereocenters. The van der Waals surface area contributed by atoms with Crippen molar-refractivity contribution in [2.75, 3.05) is 6.61 Å². The molecule has 0 aromatic heterocycles. The number of rotatable bonds is 4. The van der Waals surface area contributed by atoms with Gasteiger partial charge in [0.05, 0.1) is 18.7 Å². The van der Waals surface area contributed by atoms with E-state index in [1.165, 1.54) is 5.56 Å². The maximum atomic E-state index is 11.8. The molecule has 4 heteroatoms. The molecule has 0 aliphatic carbocycles. The summed E-state index contributed by atoms with van der Waals surface area (Å²) >= 11 is 0. The van der Waals surface area contributed by atoms with Crippen molar-refractivity contribution < 1.29 is 9.22 Å². The fourth-order valence-electron chi connectivity index (χ4n) is 2.42. The molecule has 1 saturated heterocycles. The fraction of sp³-hybridized carbons (Fsp3) is 0.588. The van der Waals surface area contributed by atoms with Gasteiger partial charge >= 0.3 is 0 Å². The first-order valence-electron chi connectivity index (χ1n) is 7.63. The molecule has 1 fully saturated rings. The number of benzene rings is 1. The Bertz CT molecular complexity index is 507. The van der Waals surface area contributed by atoms with Crippen molar-refractivity contribution in [1.29, 1.82) is 0 Å². The highest BCUT2D eigenvalue weighted by molar-refractivity contribution is 6.74. The predicted octanol–water partition coefficient (Wildman–Crippen LogP) is 3.98. The number of carbonyl (C=O) groups excluding carboxylic acids is 1. The van der Waals surface area contributed by atoms with Crippen LogP contribution in [0.2, 0.25) is 18.1 Å². The summed E-state index contributed by atoms with van der Waals surface area (Å²) < 4.78 is 6.29. The predicted molar refractivity (Wildman–Crippen MR) is 88.6 cm³/mol. The van der Waals surface area contributed by atoms with E-state index in [9.17, 15) is 4.79 Å². The minimum Gasteiger partial charge on any atom is -0.415 e. The van der Waals surface area contributed by atoms with E-state index in [0.29, 0.717) is 6.61 Å². The van der Waals surface area contributed by atoms with E-state index in [1.807, 2.05) is 23.1 Å². The Kier molecular flexibility index (Phi) is 4.31. The topological polar surface area (TPSA) is 29.3 Å². The van der Waals surface area contributed by atoms with Gasteiger partial charge in [-0.15, -0.1) is 0 Å². The van der Waals surface area contributed by atoms with Crippen molar-refractivity contribution in [3.8, 4) is 0 Å². The van der Waals surface area contributed by atoms with Crippen LogP contribution in [0.25, 0.3) is 0 Å². The third-order valence-corrected chi connectivity index (χ3v) is 9.36. The summed E-state index contributed by atoms with van der Waals surface area (Å²) in [4.78, 5) is 13.7. The van der Waals surface area contributed by atoms with Crippen LogP contribution in [0.1, 0.15) is 39.3 Å². The van der Waals surface area contributed by atoms with Crippen LogP contribution >= 0.6 is 0 Å². The lowest BCUT2D eigenvalue weighted by Crippen LogP contribution is -2.42. The molecule has 1 amide bonds. The average molecular weight is 305 g/mol. The van der Waals surface area contributed by atoms with Crippen LogP contribution < -0.4 is 0 Å². The minimum absolute atomic E-state index is 0.132. The molecule has 0 saturated carbocycles. The first kappa shape index (κ1) is 16.2. The lowest BCUT2D eigenvalue weighted by Gasteiger charge is -2.36. The second-order valence-corrected chi connectivity index (χ2v) is 12.2. The van der Waals surface area contributed by atoms with Gasteiger partial charge in [-0.25, -0.2) is 0 Å². The Hall–Kier alpha value is -1.13. The van der Waals surface area contributed by atoms with Gasteiger partial charge < -0.3 is 9.33 Å². The van der Waals surface area contributed by atoms with Crippen LogP contribution in [0.15, 0.2) is 30.3 Å². The highest BCUT2D eigenvalue weighted by Crippen LogP contribution is 2.45. The molecule has 21 heavy (non-hydrogen) atoms. The zero-order valence-corrected chi connectivity index (χ0v) is 15.0. The Balaban J connectivity index is 2.05. The molecule has 116 valence electrons. The standard InChI is InChI=1S/C17H27NO2Si/c1-13(19)18-15(12-20-21(5,6)17(2,3)4)16(18)14-10-8-7-9-11-14/h7-11,15-16H,12H2,1-6H3/t15-,16+,18?/m1/s1. The molecule has 0 N–H and O–H groups in total. The summed E-state index contributed by atoms with van der Waals surface area (Å²) in [6.45, 7) is 13.5. The van der Waals surface area contributed by atoms with Crippen molar-refractivity contribution >= 4 is 14.2 Å². The van der Waals surface area contributed by atoms with Crippen molar-refractivity contribution in [3.05, 3.63) is 35.9 Å². The number of nitrogens with zero attached hydrogens (tertiary/aromatic N) is 1. The maximum Gasteiger partial charge on any atom is 0.220 e. The van der Waals surface area contributed by atoms with Crippen LogP contribution in [0, 0.1) is 0 Å². The summed E-state index contributed by atoms with van der Waals surface area (Å²) in [6.07, 6.45) is 0. The van der Waals surface area contributed by atoms with E-state index < -0.39 is 8.32 Å². The van der Waals surface area contributed by atoms with Crippen LogP contribution in [0.4, 0.5) is 0 Å². The quantitative estimate of drug-likeness (QED) is 0.622. The summed E-state index contributed by atoms with van der Waals surface area (Å²) in [5.74, 6) is 0.132. The van der Waals surface area contributed by atoms with Crippen LogP contribution in [-0.2, 0) is 9.22 Å². The minimum atomic E-state index is -1.76. The van der Waals surface area contributed by atoms with E-state index in [4.69, 9.17) is 4.43 Å². The number of carbonyl (C=O) groups is 1. The molecular formula is C17H27NO2Si. The summed E-state index contributed by atoms with van der Waals surface area (Å²) in [5.41, 5.74) is 1.21. The third-order valence-electron chi connectivity index (χ3n) is 4.86. The van der Waals surface area contributed by atoms with Gasteiger partial charge in [0.15, 0.2) is 8.32 Å². The van der Waals surface area contributed by atoms with E-state index in [2.05, 4.69) is 46.0 Å². The van der Waals surface area contributed by atoms with E-state index in [1.54, 1.807) is 6.92 Å². The smallest absolute Gasteiger partial charge is 0.220 e. The Morgan fingerprint density at radius 3 is 2.29 bits per heavy atom. The normalized spacial score (nSPS) is 22.3. The first-order valence-corrected chi connectivity index (χ1v) is 10.5. The van der Waals surface area contributed by atoms with Gasteiger partial charge in [-0.05, 0) is 23.7 Å². The van der Waals surface area contributed by atoms with Crippen LogP contribution in [0.5, 0.6) is 0 Å². The molecule has 1 aliphatic rings. The number of amides is 1. The van der Waals surface area contributed by atoms with Gasteiger partial charge in [0.25, 0.3) is 0 Å². The van der Waals surface area contributed by atoms with Crippen molar-refractivity contribution in [3.63, 3.8) is 0 Å². The van der Waals surface area contributed by atoms with Gasteiger partial charge in [-0.1, -0.05) is 51.1 Å². The summed E-state index contributed by atoms with van der Waals surface area (Å²) in [5, 5.41) is 0.200. The third kappa shape index (κ3) is 3.38. The zero-order valence-electron chi connectivity index (χ0n) is 14.0. The van der Waals surface area contributed by atoms with Gasteiger partial charge in [0.2, 0.25) is 5.91 Å². The maximum absolute atomic E-state index is 11.8. The van der Waals surface area contributed by atoms with Gasteiger partial charge in [-0.3, -0.25) is 4.79 Å². The Morgan fingerprint density at radius 2 is 1.81 bits per heavy atom. The lowest BCUT2D eigenvalue weighted by molar-refractivity contribution is -0.124. The molecule has 2 rings (SSSR count). The number of hydrogen-bond donors (Lipinski definition) is 0. The van der Waals surface area contributed by atoms with Gasteiger partial charge in [0.1, 0.15) is 0 Å². The number of hydrogen-bond acceptors (Lipinski definition) is 2.